The Balaban J connectivity index is 2.73. The van der Waals surface area contributed by atoms with Gasteiger partial charge in [-0.3, -0.25) is 4.79 Å². The maximum atomic E-state index is 11.3. The highest BCUT2D eigenvalue weighted by Gasteiger charge is 2.04. The number of benzene rings is 1. The summed E-state index contributed by atoms with van der Waals surface area (Å²) in [6.07, 6.45) is 3.59. The van der Waals surface area contributed by atoms with Crippen molar-refractivity contribution in [3.8, 4) is 0 Å². The Labute approximate surface area is 112 Å². The molecule has 0 radical (unpaired) electrons. The van der Waals surface area contributed by atoms with E-state index in [1.807, 2.05) is 25.1 Å². The van der Waals surface area contributed by atoms with Crippen LogP contribution in [0.3, 0.4) is 0 Å². The molecular formula is C15H18O4. The third kappa shape index (κ3) is 5.38. The van der Waals surface area contributed by atoms with Gasteiger partial charge < -0.3 is 9.84 Å². The summed E-state index contributed by atoms with van der Waals surface area (Å²) < 4.78 is 4.87. The third-order valence-electron chi connectivity index (χ3n) is 2.67. The molecule has 1 N–H and O–H groups in total. The summed E-state index contributed by atoms with van der Waals surface area (Å²) in [6, 6.07) is 5.75. The number of esters is 1. The van der Waals surface area contributed by atoms with Gasteiger partial charge in [-0.25, -0.2) is 4.79 Å². The normalized spacial score (nSPS) is 10.6. The smallest absolute Gasteiger partial charge is 0.328 e. The molecule has 1 aromatic rings. The van der Waals surface area contributed by atoms with E-state index >= 15 is 0 Å². The van der Waals surface area contributed by atoms with Crippen LogP contribution < -0.4 is 0 Å². The molecule has 0 aliphatic rings. The molecule has 0 aliphatic carbocycles. The van der Waals surface area contributed by atoms with Gasteiger partial charge in [-0.2, -0.15) is 0 Å². The maximum absolute atomic E-state index is 11.3. The monoisotopic (exact) mass is 262 g/mol. The van der Waals surface area contributed by atoms with Crippen LogP contribution in [0.25, 0.3) is 6.08 Å². The number of carboxylic acid groups (broad SMARTS) is 1. The summed E-state index contributed by atoms with van der Waals surface area (Å²) >= 11 is 0. The number of carbonyl (C=O) groups is 2. The Bertz CT molecular complexity index is 489. The largest absolute Gasteiger partial charge is 0.478 e. The SMILES string of the molecule is CCOC(=O)CCc1ccc(C)c(/C=C/C(=O)O)c1. The predicted octanol–water partition coefficient (Wildman–Crippen LogP) is 2.59. The quantitative estimate of drug-likeness (QED) is 0.632. The lowest BCUT2D eigenvalue weighted by atomic mass is 10.0. The van der Waals surface area contributed by atoms with Crippen molar-refractivity contribution in [1.29, 1.82) is 0 Å². The molecule has 0 unspecified atom stereocenters. The highest BCUT2D eigenvalue weighted by Crippen LogP contribution is 2.14. The van der Waals surface area contributed by atoms with Crippen LogP contribution in [-0.4, -0.2) is 23.7 Å². The van der Waals surface area contributed by atoms with E-state index in [1.54, 1.807) is 13.0 Å². The molecule has 0 amide bonds. The summed E-state index contributed by atoms with van der Waals surface area (Å²) in [4.78, 5) is 21.8. The van der Waals surface area contributed by atoms with Crippen LogP contribution >= 0.6 is 0 Å². The lowest BCUT2D eigenvalue weighted by molar-refractivity contribution is -0.143. The molecule has 0 aliphatic heterocycles. The Morgan fingerprint density at radius 1 is 1.37 bits per heavy atom. The van der Waals surface area contributed by atoms with Crippen LogP contribution in [0.4, 0.5) is 0 Å². The van der Waals surface area contributed by atoms with Crippen LogP contribution in [0.2, 0.25) is 0 Å². The number of carboxylic acids is 1. The summed E-state index contributed by atoms with van der Waals surface area (Å²) in [6.45, 7) is 4.08. The molecule has 0 spiro atoms. The van der Waals surface area contributed by atoms with Gasteiger partial charge >= 0.3 is 11.9 Å². The third-order valence-corrected chi connectivity index (χ3v) is 2.67. The highest BCUT2D eigenvalue weighted by molar-refractivity contribution is 5.85. The average Bonchev–Trinajstić information content (AvgIpc) is 2.36. The molecule has 0 heterocycles. The fraction of sp³-hybridized carbons (Fsp3) is 0.333. The van der Waals surface area contributed by atoms with Crippen LogP contribution in [0, 0.1) is 6.92 Å². The molecule has 0 saturated heterocycles. The van der Waals surface area contributed by atoms with Crippen molar-refractivity contribution in [1.82, 2.24) is 0 Å². The van der Waals surface area contributed by atoms with Gasteiger partial charge in [-0.1, -0.05) is 18.2 Å². The van der Waals surface area contributed by atoms with Gasteiger partial charge in [-0.15, -0.1) is 0 Å². The Hall–Kier alpha value is -2.10. The molecule has 4 heteroatoms. The first-order valence-corrected chi connectivity index (χ1v) is 6.19. The summed E-state index contributed by atoms with van der Waals surface area (Å²) in [5, 5.41) is 8.62. The fourth-order valence-electron chi connectivity index (χ4n) is 1.67. The van der Waals surface area contributed by atoms with Crippen LogP contribution in [0.15, 0.2) is 24.3 Å². The predicted molar refractivity (Wildman–Crippen MR) is 72.8 cm³/mol. The van der Waals surface area contributed by atoms with Crippen molar-refractivity contribution in [2.24, 2.45) is 0 Å². The summed E-state index contributed by atoms with van der Waals surface area (Å²) in [5.41, 5.74) is 2.84. The van der Waals surface area contributed by atoms with Crippen molar-refractivity contribution >= 4 is 18.0 Å². The molecule has 0 fully saturated rings. The second-order valence-electron chi connectivity index (χ2n) is 4.17. The molecule has 1 rings (SSSR count). The Kier molecular flexibility index (Phi) is 5.79. The first kappa shape index (κ1) is 15.0. The standard InChI is InChI=1S/C15H18O4/c1-3-19-15(18)9-6-12-5-4-11(2)13(10-12)7-8-14(16)17/h4-5,7-8,10H,3,6,9H2,1-2H3,(H,16,17)/b8-7+. The number of aliphatic carboxylic acids is 1. The van der Waals surface area contributed by atoms with Crippen LogP contribution in [-0.2, 0) is 20.7 Å². The van der Waals surface area contributed by atoms with Crippen molar-refractivity contribution < 1.29 is 19.4 Å². The zero-order valence-electron chi connectivity index (χ0n) is 11.2. The number of ether oxygens (including phenoxy) is 1. The van der Waals surface area contributed by atoms with Gasteiger partial charge in [0.25, 0.3) is 0 Å². The second kappa shape index (κ2) is 7.36. The summed E-state index contributed by atoms with van der Waals surface area (Å²) in [5.74, 6) is -1.19. The van der Waals surface area contributed by atoms with Crippen LogP contribution in [0.1, 0.15) is 30.0 Å². The van der Waals surface area contributed by atoms with Crippen molar-refractivity contribution in [2.45, 2.75) is 26.7 Å². The first-order chi connectivity index (χ1) is 9.02. The minimum Gasteiger partial charge on any atom is -0.478 e. The lowest BCUT2D eigenvalue weighted by Crippen LogP contribution is -2.05. The minimum atomic E-state index is -0.976. The van der Waals surface area contributed by atoms with E-state index in [9.17, 15) is 9.59 Å². The maximum Gasteiger partial charge on any atom is 0.328 e. The average molecular weight is 262 g/mol. The topological polar surface area (TPSA) is 63.6 Å². The van der Waals surface area contributed by atoms with Crippen molar-refractivity contribution in [2.75, 3.05) is 6.61 Å². The van der Waals surface area contributed by atoms with E-state index in [2.05, 4.69) is 0 Å². The zero-order chi connectivity index (χ0) is 14.3. The first-order valence-electron chi connectivity index (χ1n) is 6.19. The summed E-state index contributed by atoms with van der Waals surface area (Å²) in [7, 11) is 0. The molecule has 0 bridgehead atoms. The Morgan fingerprint density at radius 2 is 2.11 bits per heavy atom. The highest BCUT2D eigenvalue weighted by atomic mass is 16.5. The van der Waals surface area contributed by atoms with E-state index in [4.69, 9.17) is 9.84 Å². The molecule has 0 saturated carbocycles. The van der Waals surface area contributed by atoms with E-state index in [0.29, 0.717) is 19.4 Å². The fourth-order valence-corrected chi connectivity index (χ4v) is 1.67. The van der Waals surface area contributed by atoms with E-state index in [0.717, 1.165) is 22.8 Å². The number of rotatable bonds is 6. The zero-order valence-corrected chi connectivity index (χ0v) is 11.2. The Morgan fingerprint density at radius 3 is 2.74 bits per heavy atom. The number of hydrogen-bond donors (Lipinski definition) is 1. The van der Waals surface area contributed by atoms with E-state index in [-0.39, 0.29) is 5.97 Å². The lowest BCUT2D eigenvalue weighted by Gasteiger charge is -2.06. The minimum absolute atomic E-state index is 0.217. The second-order valence-corrected chi connectivity index (χ2v) is 4.17. The van der Waals surface area contributed by atoms with Gasteiger partial charge in [0, 0.05) is 12.5 Å². The van der Waals surface area contributed by atoms with Gasteiger partial charge in [0.05, 0.1) is 6.61 Å². The van der Waals surface area contributed by atoms with Crippen LogP contribution in [0.5, 0.6) is 0 Å². The van der Waals surface area contributed by atoms with Gasteiger partial charge in [0.2, 0.25) is 0 Å². The molecule has 19 heavy (non-hydrogen) atoms. The molecule has 0 aromatic heterocycles. The molecular weight excluding hydrogens is 244 g/mol. The molecule has 1 aromatic carbocycles. The van der Waals surface area contributed by atoms with E-state index < -0.39 is 5.97 Å². The number of carbonyl (C=O) groups excluding carboxylic acids is 1. The van der Waals surface area contributed by atoms with Gasteiger partial charge in [0.1, 0.15) is 0 Å². The number of hydrogen-bond acceptors (Lipinski definition) is 3. The van der Waals surface area contributed by atoms with Gasteiger partial charge in [-0.05, 0) is 43.0 Å². The van der Waals surface area contributed by atoms with Gasteiger partial charge in [0.15, 0.2) is 0 Å². The molecule has 0 atom stereocenters. The number of aryl methyl sites for hydroxylation is 2. The van der Waals surface area contributed by atoms with Crippen molar-refractivity contribution in [3.05, 3.63) is 41.0 Å². The molecule has 102 valence electrons. The van der Waals surface area contributed by atoms with Crippen molar-refractivity contribution in [3.63, 3.8) is 0 Å². The van der Waals surface area contributed by atoms with E-state index in [1.165, 1.54) is 0 Å². The molecule has 4 nitrogen and oxygen atoms in total.